The average molecular weight is 536 g/mol. The van der Waals surface area contributed by atoms with Crippen molar-refractivity contribution in [2.45, 2.75) is 40.2 Å². The molecule has 1 saturated heterocycles. The van der Waals surface area contributed by atoms with E-state index in [1.54, 1.807) is 6.20 Å². The lowest BCUT2D eigenvalue weighted by Crippen LogP contribution is -2.47. The SMILES string of the molecule is CC.CCc1ncccc1C(C)N1CCN(c2cnn(PI)c(=O)c2Cl)CC1. The highest BCUT2D eigenvalue weighted by Gasteiger charge is 2.25. The third-order valence-corrected chi connectivity index (χ3v) is 7.10. The van der Waals surface area contributed by atoms with Gasteiger partial charge in [0, 0.05) is 44.1 Å². The molecule has 0 saturated carbocycles. The third-order valence-electron chi connectivity index (χ3n) is 4.89. The van der Waals surface area contributed by atoms with Crippen LogP contribution in [0.5, 0.6) is 0 Å². The van der Waals surface area contributed by atoms with Crippen LogP contribution in [0.4, 0.5) is 5.69 Å². The number of pyridine rings is 1. The van der Waals surface area contributed by atoms with Crippen LogP contribution in [-0.2, 0) is 6.42 Å². The molecule has 0 spiro atoms. The Bertz CT molecular complexity index is 826. The third kappa shape index (κ3) is 5.23. The van der Waals surface area contributed by atoms with Crippen LogP contribution in [0.2, 0.25) is 5.02 Å². The monoisotopic (exact) mass is 535 g/mol. The molecule has 9 heteroatoms. The summed E-state index contributed by atoms with van der Waals surface area (Å²) in [5.41, 5.74) is 2.99. The molecular formula is C19H28ClIN5OP. The minimum absolute atomic E-state index is 0.212. The van der Waals surface area contributed by atoms with Crippen molar-refractivity contribution < 1.29 is 0 Å². The van der Waals surface area contributed by atoms with E-state index < -0.39 is 0 Å². The molecule has 154 valence electrons. The average Bonchev–Trinajstić information content (AvgIpc) is 2.76. The van der Waals surface area contributed by atoms with Crippen LogP contribution in [0, 0.1) is 0 Å². The van der Waals surface area contributed by atoms with E-state index in [0.29, 0.717) is 6.04 Å². The first-order chi connectivity index (χ1) is 13.6. The van der Waals surface area contributed by atoms with Gasteiger partial charge in [-0.25, -0.2) is 4.45 Å². The standard InChI is InChI=1S/C17H22ClIN5OP.C2H6/c1-3-14-13(5-4-6-20-14)12(2)22-7-9-23(10-8-22)15-11-21-24(26-19)17(25)16(15)18;1-2/h4-6,11-12,26H,3,7-10H2,1-2H3;1-2H3. The maximum Gasteiger partial charge on any atom is 0.291 e. The smallest absolute Gasteiger partial charge is 0.291 e. The van der Waals surface area contributed by atoms with Crippen molar-refractivity contribution in [2.75, 3.05) is 31.1 Å². The van der Waals surface area contributed by atoms with Crippen molar-refractivity contribution in [1.82, 2.24) is 19.4 Å². The molecule has 6 nitrogen and oxygen atoms in total. The van der Waals surface area contributed by atoms with Crippen molar-refractivity contribution >= 4 is 45.7 Å². The van der Waals surface area contributed by atoms with Crippen molar-refractivity contribution in [2.24, 2.45) is 0 Å². The number of hydrogen-bond acceptors (Lipinski definition) is 5. The summed E-state index contributed by atoms with van der Waals surface area (Å²) in [6, 6.07) is 4.51. The summed E-state index contributed by atoms with van der Waals surface area (Å²) in [5.74, 6) is 0. The highest BCUT2D eigenvalue weighted by Crippen LogP contribution is 2.28. The molecule has 2 unspecified atom stereocenters. The Morgan fingerprint density at radius 2 is 1.96 bits per heavy atom. The van der Waals surface area contributed by atoms with E-state index >= 15 is 0 Å². The van der Waals surface area contributed by atoms with Gasteiger partial charge in [-0.3, -0.25) is 14.7 Å². The molecule has 28 heavy (non-hydrogen) atoms. The fraction of sp³-hybridized carbons (Fsp3) is 0.526. The molecule has 3 heterocycles. The molecule has 0 N–H and O–H groups in total. The van der Waals surface area contributed by atoms with Crippen LogP contribution in [0.15, 0.2) is 29.3 Å². The maximum absolute atomic E-state index is 12.2. The first kappa shape index (κ1) is 23.5. The first-order valence-corrected chi connectivity index (χ1v) is 14.1. The first-order valence-electron chi connectivity index (χ1n) is 9.64. The van der Waals surface area contributed by atoms with Gasteiger partial charge in [-0.05, 0) is 47.0 Å². The predicted molar refractivity (Wildman–Crippen MR) is 128 cm³/mol. The Kier molecular flexibility index (Phi) is 9.60. The zero-order chi connectivity index (χ0) is 20.7. The zero-order valence-corrected chi connectivity index (χ0v) is 20.7. The Hall–Kier alpha value is -0.760. The highest BCUT2D eigenvalue weighted by atomic mass is 127. The van der Waals surface area contributed by atoms with Crippen molar-refractivity contribution in [3.05, 3.63) is 51.2 Å². The van der Waals surface area contributed by atoms with Crippen LogP contribution < -0.4 is 10.5 Å². The van der Waals surface area contributed by atoms with Gasteiger partial charge in [0.05, 0.1) is 18.3 Å². The van der Waals surface area contributed by atoms with Crippen LogP contribution >= 0.6 is 40.0 Å². The fourth-order valence-electron chi connectivity index (χ4n) is 3.38. The van der Waals surface area contributed by atoms with Gasteiger partial charge in [0.25, 0.3) is 5.56 Å². The molecule has 2 atom stereocenters. The van der Waals surface area contributed by atoms with Crippen LogP contribution in [0.1, 0.15) is 45.0 Å². The Balaban J connectivity index is 0.00000136. The quantitative estimate of drug-likeness (QED) is 0.415. The molecule has 2 aromatic heterocycles. The number of halogens is 2. The van der Waals surface area contributed by atoms with E-state index in [2.05, 4.69) is 61.8 Å². The van der Waals surface area contributed by atoms with Gasteiger partial charge in [-0.1, -0.05) is 38.4 Å². The number of aromatic nitrogens is 3. The minimum Gasteiger partial charge on any atom is -0.366 e. The Labute approximate surface area is 187 Å². The van der Waals surface area contributed by atoms with Gasteiger partial charge in [-0.2, -0.15) is 5.10 Å². The van der Waals surface area contributed by atoms with Gasteiger partial charge in [-0.15, -0.1) is 0 Å². The number of rotatable bonds is 5. The van der Waals surface area contributed by atoms with E-state index in [9.17, 15) is 4.79 Å². The van der Waals surface area contributed by atoms with Crippen molar-refractivity contribution in [3.63, 3.8) is 0 Å². The largest absolute Gasteiger partial charge is 0.366 e. The number of aryl methyl sites for hydroxylation is 1. The molecule has 3 rings (SSSR count). The molecule has 1 fully saturated rings. The van der Waals surface area contributed by atoms with Crippen molar-refractivity contribution in [1.29, 1.82) is 0 Å². The molecule has 0 aromatic carbocycles. The maximum atomic E-state index is 12.2. The van der Waals surface area contributed by atoms with E-state index in [4.69, 9.17) is 11.6 Å². The Morgan fingerprint density at radius 3 is 2.57 bits per heavy atom. The lowest BCUT2D eigenvalue weighted by atomic mass is 10.0. The topological polar surface area (TPSA) is 54.3 Å². The molecule has 1 aliphatic rings. The van der Waals surface area contributed by atoms with Crippen LogP contribution in [0.25, 0.3) is 0 Å². The summed E-state index contributed by atoms with van der Waals surface area (Å²) in [7, 11) is 0. The fourth-order valence-corrected chi connectivity index (χ4v) is 5.02. The van der Waals surface area contributed by atoms with Gasteiger partial charge in [0.15, 0.2) is 0 Å². The van der Waals surface area contributed by atoms with Crippen molar-refractivity contribution in [3.8, 4) is 0 Å². The summed E-state index contributed by atoms with van der Waals surface area (Å²) in [6.45, 7) is 11.8. The summed E-state index contributed by atoms with van der Waals surface area (Å²) in [4.78, 5) is 21.3. The number of nitrogens with zero attached hydrogens (tertiary/aromatic N) is 5. The minimum atomic E-state index is -0.212. The van der Waals surface area contributed by atoms with E-state index in [0.717, 1.165) is 44.0 Å². The molecule has 2 aromatic rings. The van der Waals surface area contributed by atoms with Gasteiger partial charge < -0.3 is 4.90 Å². The predicted octanol–water partition coefficient (Wildman–Crippen LogP) is 4.56. The lowest BCUT2D eigenvalue weighted by molar-refractivity contribution is 0.197. The second kappa shape index (κ2) is 11.4. The van der Waals surface area contributed by atoms with Crippen LogP contribution in [0.3, 0.4) is 0 Å². The van der Waals surface area contributed by atoms with Gasteiger partial charge in [0.2, 0.25) is 0 Å². The van der Waals surface area contributed by atoms with Gasteiger partial charge in [0.1, 0.15) is 5.02 Å². The van der Waals surface area contributed by atoms with E-state index in [-0.39, 0.29) is 17.0 Å². The number of hydrogen-bond donors (Lipinski definition) is 0. The molecule has 0 aliphatic carbocycles. The summed E-state index contributed by atoms with van der Waals surface area (Å²) in [5, 5.41) is 4.49. The van der Waals surface area contributed by atoms with E-state index in [1.165, 1.54) is 10.0 Å². The number of anilines is 1. The highest BCUT2D eigenvalue weighted by molar-refractivity contribution is 14.2. The molecular weight excluding hydrogens is 508 g/mol. The van der Waals surface area contributed by atoms with E-state index in [1.807, 2.05) is 26.1 Å². The molecule has 0 radical (unpaired) electrons. The second-order valence-electron chi connectivity index (χ2n) is 6.24. The summed E-state index contributed by atoms with van der Waals surface area (Å²) >= 11 is 8.44. The lowest BCUT2D eigenvalue weighted by Gasteiger charge is -2.39. The second-order valence-corrected chi connectivity index (χ2v) is 8.66. The number of piperazine rings is 1. The Morgan fingerprint density at radius 1 is 1.29 bits per heavy atom. The normalized spacial score (nSPS) is 16.1. The summed E-state index contributed by atoms with van der Waals surface area (Å²) in [6.07, 6.45) is 4.77. The zero-order valence-electron chi connectivity index (χ0n) is 16.8. The molecule has 0 bridgehead atoms. The molecule has 0 amide bonds. The van der Waals surface area contributed by atoms with Gasteiger partial charge >= 0.3 is 0 Å². The molecule has 1 aliphatic heterocycles. The van der Waals surface area contributed by atoms with Crippen LogP contribution in [-0.4, -0.2) is 45.6 Å². The summed E-state index contributed by atoms with van der Waals surface area (Å²) < 4.78 is 1.40.